The molecule has 0 heterocycles. The van der Waals surface area contributed by atoms with Crippen LogP contribution in [0.25, 0.3) is 0 Å². The number of carbonyl (C=O) groups excluding carboxylic acids is 1. The Labute approximate surface area is 119 Å². The topological polar surface area (TPSA) is 58.6 Å². The highest BCUT2D eigenvalue weighted by molar-refractivity contribution is 5.84. The molecule has 0 spiro atoms. The zero-order valence-electron chi connectivity index (χ0n) is 12.6. The molecular formula is C15H22FNO3. The summed E-state index contributed by atoms with van der Waals surface area (Å²) in [5, 5.41) is 12.1. The highest BCUT2D eigenvalue weighted by Gasteiger charge is 2.18. The van der Waals surface area contributed by atoms with Gasteiger partial charge in [-0.25, -0.2) is 9.18 Å². The van der Waals surface area contributed by atoms with E-state index in [9.17, 15) is 14.3 Å². The molecule has 0 aliphatic carbocycles. The molecule has 0 unspecified atom stereocenters. The maximum atomic E-state index is 13.9. The fraction of sp³-hybridized carbons (Fsp3) is 0.533. The normalized spacial score (nSPS) is 12.2. The Bertz CT molecular complexity index is 487. The van der Waals surface area contributed by atoms with Gasteiger partial charge in [0.05, 0.1) is 5.60 Å². The molecule has 4 nitrogen and oxygen atoms in total. The highest BCUT2D eigenvalue weighted by atomic mass is 19.1. The van der Waals surface area contributed by atoms with Crippen molar-refractivity contribution in [1.29, 1.82) is 0 Å². The number of rotatable bonds is 3. The summed E-state index contributed by atoms with van der Waals surface area (Å²) in [5.41, 5.74) is -0.881. The standard InChI is InChI=1S/C15H22FNO3/c1-14(2,3)20-13(18)17-11-7-6-10(12(16)8-11)9-15(4,5)19/h6-8,19H,9H2,1-5H3,(H,17,18). The summed E-state index contributed by atoms with van der Waals surface area (Å²) in [6.45, 7) is 8.47. The van der Waals surface area contributed by atoms with Crippen LogP contribution in [-0.4, -0.2) is 22.4 Å². The van der Waals surface area contributed by atoms with Gasteiger partial charge in [0.25, 0.3) is 0 Å². The molecule has 0 atom stereocenters. The summed E-state index contributed by atoms with van der Waals surface area (Å²) in [7, 11) is 0. The first-order chi connectivity index (χ1) is 8.96. The molecule has 0 aliphatic rings. The van der Waals surface area contributed by atoms with Crippen LogP contribution in [0, 0.1) is 5.82 Å². The van der Waals surface area contributed by atoms with E-state index in [4.69, 9.17) is 4.74 Å². The highest BCUT2D eigenvalue weighted by Crippen LogP contribution is 2.20. The minimum absolute atomic E-state index is 0.200. The molecule has 112 valence electrons. The lowest BCUT2D eigenvalue weighted by molar-refractivity contribution is 0.0635. The second kappa shape index (κ2) is 5.79. The smallest absolute Gasteiger partial charge is 0.412 e. The molecule has 2 N–H and O–H groups in total. The Morgan fingerprint density at radius 3 is 2.35 bits per heavy atom. The first-order valence-corrected chi connectivity index (χ1v) is 6.47. The van der Waals surface area contributed by atoms with Gasteiger partial charge >= 0.3 is 6.09 Å². The van der Waals surface area contributed by atoms with Crippen LogP contribution in [0.3, 0.4) is 0 Å². The van der Waals surface area contributed by atoms with Crippen molar-refractivity contribution < 1.29 is 19.0 Å². The van der Waals surface area contributed by atoms with E-state index in [1.807, 2.05) is 0 Å². The Kier molecular flexibility index (Phi) is 4.76. The third-order valence-corrected chi connectivity index (χ3v) is 2.32. The number of anilines is 1. The van der Waals surface area contributed by atoms with Crippen molar-refractivity contribution in [1.82, 2.24) is 0 Å². The van der Waals surface area contributed by atoms with Gasteiger partial charge in [0.2, 0.25) is 0 Å². The summed E-state index contributed by atoms with van der Waals surface area (Å²) in [5.74, 6) is -0.472. The van der Waals surface area contributed by atoms with Gasteiger partial charge in [0.15, 0.2) is 0 Å². The van der Waals surface area contributed by atoms with Crippen LogP contribution < -0.4 is 5.32 Å². The molecule has 0 bridgehead atoms. The molecule has 1 amide bonds. The fourth-order valence-corrected chi connectivity index (χ4v) is 1.66. The molecule has 1 aromatic carbocycles. The van der Waals surface area contributed by atoms with Crippen LogP contribution in [-0.2, 0) is 11.2 Å². The molecule has 0 radical (unpaired) electrons. The number of benzene rings is 1. The summed E-state index contributed by atoms with van der Waals surface area (Å²) in [6, 6.07) is 4.33. The number of halogens is 1. The lowest BCUT2D eigenvalue weighted by atomic mass is 9.98. The first kappa shape index (κ1) is 16.4. The predicted octanol–water partition coefficient (Wildman–Crippen LogP) is 3.49. The van der Waals surface area contributed by atoms with Crippen molar-refractivity contribution in [3.63, 3.8) is 0 Å². The average Bonchev–Trinajstić information content (AvgIpc) is 2.17. The lowest BCUT2D eigenvalue weighted by Gasteiger charge is -2.20. The van der Waals surface area contributed by atoms with Gasteiger partial charge in [0.1, 0.15) is 11.4 Å². The van der Waals surface area contributed by atoms with Gasteiger partial charge in [-0.3, -0.25) is 5.32 Å². The number of hydrogen-bond donors (Lipinski definition) is 2. The zero-order chi connectivity index (χ0) is 15.6. The largest absolute Gasteiger partial charge is 0.444 e. The number of ether oxygens (including phenoxy) is 1. The number of carbonyl (C=O) groups is 1. The average molecular weight is 283 g/mol. The second-order valence-corrected chi connectivity index (χ2v) is 6.42. The zero-order valence-corrected chi connectivity index (χ0v) is 12.6. The van der Waals surface area contributed by atoms with Crippen LogP contribution in [0.15, 0.2) is 18.2 Å². The minimum atomic E-state index is -0.985. The maximum Gasteiger partial charge on any atom is 0.412 e. The van der Waals surface area contributed by atoms with Gasteiger partial charge < -0.3 is 9.84 Å². The van der Waals surface area contributed by atoms with Crippen LogP contribution in [0.5, 0.6) is 0 Å². The SMILES string of the molecule is CC(C)(O)Cc1ccc(NC(=O)OC(C)(C)C)cc1F. The van der Waals surface area contributed by atoms with Crippen LogP contribution in [0.2, 0.25) is 0 Å². The summed E-state index contributed by atoms with van der Waals surface area (Å²) >= 11 is 0. The van der Waals surface area contributed by atoms with E-state index in [1.165, 1.54) is 6.07 Å². The van der Waals surface area contributed by atoms with Gasteiger partial charge in [0, 0.05) is 12.1 Å². The summed E-state index contributed by atoms with van der Waals surface area (Å²) < 4.78 is 18.9. The molecule has 0 aliphatic heterocycles. The van der Waals surface area contributed by atoms with E-state index in [0.29, 0.717) is 11.3 Å². The predicted molar refractivity (Wildman–Crippen MR) is 76.3 cm³/mol. The first-order valence-electron chi connectivity index (χ1n) is 6.47. The van der Waals surface area contributed by atoms with Crippen molar-refractivity contribution in [2.24, 2.45) is 0 Å². The monoisotopic (exact) mass is 283 g/mol. The summed E-state index contributed by atoms with van der Waals surface area (Å²) in [6.07, 6.45) is -0.432. The number of aliphatic hydroxyl groups is 1. The van der Waals surface area contributed by atoms with E-state index in [1.54, 1.807) is 46.8 Å². The van der Waals surface area contributed by atoms with Gasteiger partial charge in [-0.2, -0.15) is 0 Å². The molecule has 5 heteroatoms. The number of nitrogens with one attached hydrogen (secondary N) is 1. The molecule has 1 aromatic rings. The van der Waals surface area contributed by atoms with Crippen molar-refractivity contribution in [3.8, 4) is 0 Å². The number of amides is 1. The van der Waals surface area contributed by atoms with E-state index in [-0.39, 0.29) is 6.42 Å². The van der Waals surface area contributed by atoms with Gasteiger partial charge in [-0.05, 0) is 52.3 Å². The van der Waals surface area contributed by atoms with Gasteiger partial charge in [-0.15, -0.1) is 0 Å². The Hall–Kier alpha value is -1.62. The molecule has 0 saturated carbocycles. The van der Waals surface area contributed by atoms with E-state index in [0.717, 1.165) is 0 Å². The Morgan fingerprint density at radius 2 is 1.90 bits per heavy atom. The number of hydrogen-bond acceptors (Lipinski definition) is 3. The Balaban J connectivity index is 2.75. The Morgan fingerprint density at radius 1 is 1.30 bits per heavy atom. The molecule has 1 rings (SSSR count). The fourth-order valence-electron chi connectivity index (χ4n) is 1.66. The van der Waals surface area contributed by atoms with Gasteiger partial charge in [-0.1, -0.05) is 6.07 Å². The maximum absolute atomic E-state index is 13.9. The molecule has 0 fully saturated rings. The molecule has 20 heavy (non-hydrogen) atoms. The minimum Gasteiger partial charge on any atom is -0.444 e. The second-order valence-electron chi connectivity index (χ2n) is 6.42. The molecule has 0 saturated heterocycles. The van der Waals surface area contributed by atoms with Crippen LogP contribution in [0.1, 0.15) is 40.2 Å². The van der Waals surface area contributed by atoms with Crippen molar-refractivity contribution in [3.05, 3.63) is 29.6 Å². The van der Waals surface area contributed by atoms with Crippen molar-refractivity contribution in [2.45, 2.75) is 52.2 Å². The van der Waals surface area contributed by atoms with Crippen molar-refractivity contribution in [2.75, 3.05) is 5.32 Å². The van der Waals surface area contributed by atoms with Crippen LogP contribution in [0.4, 0.5) is 14.9 Å². The van der Waals surface area contributed by atoms with Crippen molar-refractivity contribution >= 4 is 11.8 Å². The lowest BCUT2D eigenvalue weighted by Crippen LogP contribution is -2.27. The van der Waals surface area contributed by atoms with E-state index >= 15 is 0 Å². The summed E-state index contributed by atoms with van der Waals surface area (Å²) in [4.78, 5) is 11.6. The third-order valence-electron chi connectivity index (χ3n) is 2.32. The molecule has 0 aromatic heterocycles. The third kappa shape index (κ3) is 6.02. The van der Waals surface area contributed by atoms with E-state index < -0.39 is 23.1 Å². The quantitative estimate of drug-likeness (QED) is 0.892. The van der Waals surface area contributed by atoms with E-state index in [2.05, 4.69) is 5.32 Å². The van der Waals surface area contributed by atoms with Crippen LogP contribution >= 0.6 is 0 Å². The molecular weight excluding hydrogens is 261 g/mol.